The minimum absolute atomic E-state index is 0.134. The molecule has 0 bridgehead atoms. The summed E-state index contributed by atoms with van der Waals surface area (Å²) in [6, 6.07) is 13.8. The van der Waals surface area contributed by atoms with Crippen LogP contribution >= 0.6 is 0 Å². The van der Waals surface area contributed by atoms with E-state index in [1.165, 1.54) is 12.1 Å². The van der Waals surface area contributed by atoms with E-state index in [1.54, 1.807) is 12.1 Å². The van der Waals surface area contributed by atoms with E-state index in [1.807, 2.05) is 31.2 Å². The summed E-state index contributed by atoms with van der Waals surface area (Å²) in [7, 11) is 0. The molecule has 2 aliphatic rings. The Morgan fingerprint density at radius 3 is 2.45 bits per heavy atom. The average Bonchev–Trinajstić information content (AvgIpc) is 2.85. The van der Waals surface area contributed by atoms with Crippen LogP contribution in [0.15, 0.2) is 58.5 Å². The predicted octanol–water partition coefficient (Wildman–Crippen LogP) is 3.19. The molecule has 7 heteroatoms. The van der Waals surface area contributed by atoms with E-state index in [9.17, 15) is 9.18 Å². The highest BCUT2D eigenvalue weighted by Crippen LogP contribution is 2.34. The first kappa shape index (κ1) is 19.4. The average molecular weight is 394 g/mol. The molecule has 0 aliphatic carbocycles. The number of hydrogen-bond donors (Lipinski definition) is 1. The number of hydrogen-bond acceptors (Lipinski definition) is 5. The van der Waals surface area contributed by atoms with Crippen LogP contribution in [0.3, 0.4) is 0 Å². The molecule has 0 aromatic heterocycles. The zero-order valence-electron chi connectivity index (χ0n) is 16.3. The van der Waals surface area contributed by atoms with Crippen molar-refractivity contribution in [2.24, 2.45) is 9.98 Å². The number of amides is 1. The molecule has 150 valence electrons. The van der Waals surface area contributed by atoms with Crippen molar-refractivity contribution in [2.75, 3.05) is 32.8 Å². The second-order valence-electron chi connectivity index (χ2n) is 7.16. The topological polar surface area (TPSA) is 66.3 Å². The SMILES string of the molecule is CC1=Nc2ccccc2N=C(NC(=O)CN2CCOCC2)[C@H]1c1ccc(F)cc1. The van der Waals surface area contributed by atoms with Gasteiger partial charge in [0.25, 0.3) is 0 Å². The molecule has 1 atom stereocenters. The van der Waals surface area contributed by atoms with Gasteiger partial charge in [0.1, 0.15) is 11.7 Å². The molecular weight excluding hydrogens is 371 g/mol. The van der Waals surface area contributed by atoms with Gasteiger partial charge >= 0.3 is 0 Å². The van der Waals surface area contributed by atoms with Crippen LogP contribution in [0.25, 0.3) is 0 Å². The zero-order chi connectivity index (χ0) is 20.2. The lowest BCUT2D eigenvalue weighted by atomic mass is 9.93. The number of fused-ring (bicyclic) bond motifs is 1. The van der Waals surface area contributed by atoms with E-state index in [0.717, 1.165) is 30.1 Å². The van der Waals surface area contributed by atoms with Gasteiger partial charge in [-0.2, -0.15) is 0 Å². The van der Waals surface area contributed by atoms with Gasteiger partial charge in [-0.25, -0.2) is 9.38 Å². The lowest BCUT2D eigenvalue weighted by Crippen LogP contribution is -2.46. The Kier molecular flexibility index (Phi) is 5.78. The highest BCUT2D eigenvalue weighted by Gasteiger charge is 2.27. The number of carbonyl (C=O) groups is 1. The molecule has 2 aromatic carbocycles. The summed E-state index contributed by atoms with van der Waals surface area (Å²) >= 11 is 0. The lowest BCUT2D eigenvalue weighted by molar-refractivity contribution is -0.121. The van der Waals surface area contributed by atoms with Gasteiger partial charge in [0.15, 0.2) is 0 Å². The first-order chi connectivity index (χ1) is 14.1. The van der Waals surface area contributed by atoms with Gasteiger partial charge < -0.3 is 10.1 Å². The minimum Gasteiger partial charge on any atom is -0.379 e. The van der Waals surface area contributed by atoms with Crippen LogP contribution in [-0.2, 0) is 9.53 Å². The van der Waals surface area contributed by atoms with Gasteiger partial charge in [-0.15, -0.1) is 0 Å². The van der Waals surface area contributed by atoms with Crippen molar-refractivity contribution in [1.82, 2.24) is 10.2 Å². The van der Waals surface area contributed by atoms with E-state index in [4.69, 9.17) is 14.7 Å². The molecule has 2 aliphatic heterocycles. The molecular formula is C22H23FN4O2. The molecule has 0 spiro atoms. The van der Waals surface area contributed by atoms with Crippen molar-refractivity contribution in [3.63, 3.8) is 0 Å². The summed E-state index contributed by atoms with van der Waals surface area (Å²) in [4.78, 5) is 24.3. The highest BCUT2D eigenvalue weighted by molar-refractivity contribution is 6.17. The normalized spacial score (nSPS) is 19.6. The van der Waals surface area contributed by atoms with Crippen molar-refractivity contribution in [3.8, 4) is 0 Å². The van der Waals surface area contributed by atoms with E-state index in [0.29, 0.717) is 24.7 Å². The first-order valence-electron chi connectivity index (χ1n) is 9.68. The molecule has 0 radical (unpaired) electrons. The number of carbonyl (C=O) groups excluding carboxylic acids is 1. The monoisotopic (exact) mass is 394 g/mol. The standard InChI is InChI=1S/C22H23FN4O2/c1-15-21(16-6-8-17(23)9-7-16)22(25-19-5-3-2-4-18(19)24-15)26-20(28)14-27-10-12-29-13-11-27/h2-9,21H,10-14H2,1H3,(H,25,26,28)/t21-/m1/s1. The van der Waals surface area contributed by atoms with E-state index in [2.05, 4.69) is 10.2 Å². The third-order valence-corrected chi connectivity index (χ3v) is 5.05. The van der Waals surface area contributed by atoms with Crippen molar-refractivity contribution >= 4 is 28.8 Å². The Balaban J connectivity index is 1.66. The Hall–Kier alpha value is -2.90. The van der Waals surface area contributed by atoms with Crippen molar-refractivity contribution < 1.29 is 13.9 Å². The number of rotatable bonds is 3. The summed E-state index contributed by atoms with van der Waals surface area (Å²) < 4.78 is 18.8. The van der Waals surface area contributed by atoms with Crippen LogP contribution < -0.4 is 5.32 Å². The number of halogens is 1. The molecule has 0 unspecified atom stereocenters. The number of nitrogens with one attached hydrogen (secondary N) is 1. The Morgan fingerprint density at radius 2 is 1.76 bits per heavy atom. The fraction of sp³-hybridized carbons (Fsp3) is 0.318. The maximum absolute atomic E-state index is 13.5. The number of nitrogens with zero attached hydrogens (tertiary/aromatic N) is 3. The van der Waals surface area contributed by atoms with Gasteiger partial charge in [-0.05, 0) is 36.8 Å². The van der Waals surface area contributed by atoms with Gasteiger partial charge in [0.2, 0.25) is 5.91 Å². The molecule has 1 saturated heterocycles. The number of morpholine rings is 1. The fourth-order valence-corrected chi connectivity index (χ4v) is 3.60. The molecule has 6 nitrogen and oxygen atoms in total. The van der Waals surface area contributed by atoms with Crippen LogP contribution in [0.5, 0.6) is 0 Å². The van der Waals surface area contributed by atoms with Crippen LogP contribution in [0.1, 0.15) is 18.4 Å². The Morgan fingerprint density at radius 1 is 1.10 bits per heavy atom. The lowest BCUT2D eigenvalue weighted by Gasteiger charge is -2.26. The molecule has 1 N–H and O–H groups in total. The minimum atomic E-state index is -0.364. The predicted molar refractivity (Wildman–Crippen MR) is 111 cm³/mol. The van der Waals surface area contributed by atoms with Crippen LogP contribution in [0, 0.1) is 5.82 Å². The van der Waals surface area contributed by atoms with Crippen molar-refractivity contribution in [2.45, 2.75) is 12.8 Å². The molecule has 4 rings (SSSR count). The van der Waals surface area contributed by atoms with E-state index >= 15 is 0 Å². The fourth-order valence-electron chi connectivity index (χ4n) is 3.60. The van der Waals surface area contributed by atoms with Crippen LogP contribution in [-0.4, -0.2) is 55.2 Å². The second kappa shape index (κ2) is 8.63. The van der Waals surface area contributed by atoms with Crippen LogP contribution in [0.4, 0.5) is 15.8 Å². The molecule has 2 heterocycles. The zero-order valence-corrected chi connectivity index (χ0v) is 16.3. The van der Waals surface area contributed by atoms with Crippen molar-refractivity contribution in [3.05, 3.63) is 59.9 Å². The van der Waals surface area contributed by atoms with Gasteiger partial charge in [0, 0.05) is 18.8 Å². The Labute approximate surface area is 169 Å². The Bertz CT molecular complexity index is 950. The summed E-state index contributed by atoms with van der Waals surface area (Å²) in [6.07, 6.45) is 0. The summed E-state index contributed by atoms with van der Waals surface area (Å²) in [5.41, 5.74) is 3.05. The molecule has 29 heavy (non-hydrogen) atoms. The van der Waals surface area contributed by atoms with Crippen LogP contribution in [0.2, 0.25) is 0 Å². The number of aliphatic imine (C=N–C) groups is 2. The molecule has 2 aromatic rings. The number of para-hydroxylation sites is 2. The molecule has 1 fully saturated rings. The smallest absolute Gasteiger partial charge is 0.239 e. The quantitative estimate of drug-likeness (QED) is 0.870. The maximum Gasteiger partial charge on any atom is 0.239 e. The number of benzene rings is 2. The largest absolute Gasteiger partial charge is 0.379 e. The molecule has 0 saturated carbocycles. The maximum atomic E-state index is 13.5. The van der Waals surface area contributed by atoms with Crippen molar-refractivity contribution in [1.29, 1.82) is 0 Å². The number of amidine groups is 1. The number of ether oxygens (including phenoxy) is 1. The highest BCUT2D eigenvalue weighted by atomic mass is 19.1. The van der Waals surface area contributed by atoms with E-state index < -0.39 is 0 Å². The third kappa shape index (κ3) is 4.58. The van der Waals surface area contributed by atoms with Gasteiger partial charge in [-0.3, -0.25) is 14.7 Å². The second-order valence-corrected chi connectivity index (χ2v) is 7.16. The summed E-state index contributed by atoms with van der Waals surface area (Å²) in [5.74, 6) is -0.308. The third-order valence-electron chi connectivity index (χ3n) is 5.05. The van der Waals surface area contributed by atoms with Gasteiger partial charge in [-0.1, -0.05) is 24.3 Å². The van der Waals surface area contributed by atoms with Gasteiger partial charge in [0.05, 0.1) is 37.1 Å². The summed E-state index contributed by atoms with van der Waals surface area (Å²) in [5, 5.41) is 2.99. The first-order valence-corrected chi connectivity index (χ1v) is 9.68. The summed E-state index contributed by atoms with van der Waals surface area (Å²) in [6.45, 7) is 4.89. The molecule has 1 amide bonds. The van der Waals surface area contributed by atoms with E-state index in [-0.39, 0.29) is 24.2 Å².